The van der Waals surface area contributed by atoms with Gasteiger partial charge in [0.15, 0.2) is 0 Å². The first-order valence-electron chi connectivity index (χ1n) is 7.84. The summed E-state index contributed by atoms with van der Waals surface area (Å²) in [7, 11) is 0. The first-order chi connectivity index (χ1) is 10.2. The number of fused-ring (bicyclic) bond motifs is 1. The van der Waals surface area contributed by atoms with Crippen molar-refractivity contribution in [2.75, 3.05) is 13.1 Å². The molecule has 112 valence electrons. The summed E-state index contributed by atoms with van der Waals surface area (Å²) in [6.45, 7) is 3.37. The lowest BCUT2D eigenvalue weighted by Gasteiger charge is -2.33. The number of nitrogens with zero attached hydrogens (tertiary/aromatic N) is 2. The van der Waals surface area contributed by atoms with Crippen LogP contribution in [0.3, 0.4) is 0 Å². The van der Waals surface area contributed by atoms with Crippen LogP contribution in [-0.4, -0.2) is 34.8 Å². The summed E-state index contributed by atoms with van der Waals surface area (Å²) in [5, 5.41) is 12.4. The van der Waals surface area contributed by atoms with E-state index in [4.69, 9.17) is 5.21 Å². The number of amides is 1. The molecule has 0 spiro atoms. The molecule has 1 amide bonds. The fraction of sp³-hybridized carbons (Fsp3) is 0.529. The van der Waals surface area contributed by atoms with Crippen molar-refractivity contribution in [3.8, 4) is 0 Å². The third kappa shape index (κ3) is 2.67. The molecule has 0 radical (unpaired) electrons. The van der Waals surface area contributed by atoms with Crippen molar-refractivity contribution < 1.29 is 10.0 Å². The molecular weight excluding hydrogens is 264 g/mol. The monoisotopic (exact) mass is 286 g/mol. The zero-order chi connectivity index (χ0) is 14.8. The van der Waals surface area contributed by atoms with Gasteiger partial charge < -0.3 is 10.1 Å². The summed E-state index contributed by atoms with van der Waals surface area (Å²) in [6, 6.07) is 6.14. The molecule has 1 fully saturated rings. The molecule has 4 nitrogen and oxygen atoms in total. The van der Waals surface area contributed by atoms with Crippen molar-refractivity contribution in [2.45, 2.75) is 39.0 Å². The van der Waals surface area contributed by atoms with Gasteiger partial charge in [-0.1, -0.05) is 18.1 Å². The normalized spacial score (nSPS) is 23.4. The van der Waals surface area contributed by atoms with Crippen LogP contribution >= 0.6 is 0 Å². The summed E-state index contributed by atoms with van der Waals surface area (Å²) < 4.78 is 0. The Balaban J connectivity index is 1.76. The number of hydrogen-bond donors (Lipinski definition) is 1. The van der Waals surface area contributed by atoms with Crippen LogP contribution in [0.2, 0.25) is 0 Å². The molecule has 1 N–H and O–H groups in total. The van der Waals surface area contributed by atoms with Gasteiger partial charge in [0.2, 0.25) is 0 Å². The Morgan fingerprint density at radius 1 is 1.33 bits per heavy atom. The fourth-order valence-corrected chi connectivity index (χ4v) is 3.48. The van der Waals surface area contributed by atoms with Gasteiger partial charge in [-0.15, -0.1) is 0 Å². The van der Waals surface area contributed by atoms with Crippen molar-refractivity contribution in [1.82, 2.24) is 4.90 Å². The van der Waals surface area contributed by atoms with Crippen LogP contribution < -0.4 is 0 Å². The van der Waals surface area contributed by atoms with Crippen LogP contribution in [0.15, 0.2) is 23.4 Å². The molecular formula is C17H22N2O2. The van der Waals surface area contributed by atoms with E-state index in [-0.39, 0.29) is 11.8 Å². The van der Waals surface area contributed by atoms with Gasteiger partial charge in [0.25, 0.3) is 5.91 Å². The number of carbonyl (C=O) groups excluding carboxylic acids is 1. The average Bonchev–Trinajstić information content (AvgIpc) is 3.00. The van der Waals surface area contributed by atoms with Crippen LogP contribution in [0.25, 0.3) is 0 Å². The molecule has 2 aliphatic rings. The van der Waals surface area contributed by atoms with Crippen molar-refractivity contribution in [3.05, 3.63) is 34.9 Å². The summed E-state index contributed by atoms with van der Waals surface area (Å²) in [4.78, 5) is 14.6. The topological polar surface area (TPSA) is 52.9 Å². The van der Waals surface area contributed by atoms with Crippen LogP contribution in [0.5, 0.6) is 0 Å². The Hall–Kier alpha value is -1.84. The molecule has 0 bridgehead atoms. The number of oxime groups is 1. The number of piperidine rings is 1. The molecule has 0 saturated carbocycles. The van der Waals surface area contributed by atoms with Gasteiger partial charge in [0.05, 0.1) is 5.71 Å². The van der Waals surface area contributed by atoms with Crippen molar-refractivity contribution in [1.29, 1.82) is 0 Å². The minimum Gasteiger partial charge on any atom is -0.411 e. The Labute approximate surface area is 125 Å². The molecule has 1 unspecified atom stereocenters. The molecule has 1 aromatic rings. The van der Waals surface area contributed by atoms with Gasteiger partial charge in [0.1, 0.15) is 0 Å². The third-order valence-electron chi connectivity index (χ3n) is 4.80. The van der Waals surface area contributed by atoms with E-state index in [2.05, 4.69) is 24.2 Å². The highest BCUT2D eigenvalue weighted by Crippen LogP contribution is 2.25. The van der Waals surface area contributed by atoms with Crippen LogP contribution in [-0.2, 0) is 12.8 Å². The minimum atomic E-state index is 0.111. The Morgan fingerprint density at radius 3 is 2.90 bits per heavy atom. The molecule has 1 atom stereocenters. The van der Waals surface area contributed by atoms with Gasteiger partial charge in [-0.05, 0) is 48.9 Å². The quantitative estimate of drug-likeness (QED) is 0.671. The van der Waals surface area contributed by atoms with E-state index in [1.807, 2.05) is 11.0 Å². The van der Waals surface area contributed by atoms with Crippen LogP contribution in [0, 0.1) is 5.92 Å². The molecule has 1 saturated heterocycles. The number of likely N-dealkylation sites (tertiary alicyclic amines) is 1. The van der Waals surface area contributed by atoms with Gasteiger partial charge in [0, 0.05) is 31.0 Å². The van der Waals surface area contributed by atoms with E-state index in [1.54, 1.807) is 0 Å². The first kappa shape index (κ1) is 14.1. The fourth-order valence-electron chi connectivity index (χ4n) is 3.48. The number of carbonyl (C=O) groups is 1. The number of benzene rings is 1. The second kappa shape index (κ2) is 5.88. The maximum absolute atomic E-state index is 12.7. The minimum absolute atomic E-state index is 0.111. The SMILES string of the molecule is CCC1CN(C(=O)c2ccc3c(c2)CCC3)CC/C1=N\O. The average molecular weight is 286 g/mol. The van der Waals surface area contributed by atoms with E-state index < -0.39 is 0 Å². The van der Waals surface area contributed by atoms with Gasteiger partial charge in [-0.3, -0.25) is 4.79 Å². The van der Waals surface area contributed by atoms with Crippen molar-refractivity contribution in [3.63, 3.8) is 0 Å². The van der Waals surface area contributed by atoms with E-state index in [0.717, 1.165) is 30.5 Å². The highest BCUT2D eigenvalue weighted by molar-refractivity contribution is 5.96. The number of aryl methyl sites for hydroxylation is 2. The van der Waals surface area contributed by atoms with Crippen molar-refractivity contribution >= 4 is 11.6 Å². The summed E-state index contributed by atoms with van der Waals surface area (Å²) >= 11 is 0. The zero-order valence-corrected chi connectivity index (χ0v) is 12.5. The highest BCUT2D eigenvalue weighted by Gasteiger charge is 2.28. The molecule has 0 aromatic heterocycles. The van der Waals surface area contributed by atoms with E-state index >= 15 is 0 Å². The summed E-state index contributed by atoms with van der Waals surface area (Å²) in [5.41, 5.74) is 4.36. The second-order valence-corrected chi connectivity index (χ2v) is 6.03. The Bertz CT molecular complexity index is 580. The molecule has 21 heavy (non-hydrogen) atoms. The lowest BCUT2D eigenvalue weighted by atomic mass is 9.92. The summed E-state index contributed by atoms with van der Waals surface area (Å²) in [6.07, 6.45) is 5.00. The molecule has 1 heterocycles. The number of hydrogen-bond acceptors (Lipinski definition) is 3. The van der Waals surface area contributed by atoms with Crippen LogP contribution in [0.4, 0.5) is 0 Å². The standard InChI is InChI=1S/C17H22N2O2/c1-2-12-11-19(9-8-16(12)18-21)17(20)15-7-6-13-4-3-5-14(13)10-15/h6-7,10,12,21H,2-5,8-9,11H2,1H3/b18-16+. The maximum atomic E-state index is 12.7. The first-order valence-corrected chi connectivity index (χ1v) is 7.84. The largest absolute Gasteiger partial charge is 0.411 e. The van der Waals surface area contributed by atoms with E-state index in [1.165, 1.54) is 17.5 Å². The number of rotatable bonds is 2. The predicted octanol–water partition coefficient (Wildman–Crippen LogP) is 2.88. The molecule has 3 rings (SSSR count). The molecule has 1 aliphatic carbocycles. The van der Waals surface area contributed by atoms with Gasteiger partial charge in [-0.25, -0.2) is 0 Å². The smallest absolute Gasteiger partial charge is 0.253 e. The van der Waals surface area contributed by atoms with Crippen molar-refractivity contribution in [2.24, 2.45) is 11.1 Å². The predicted molar refractivity (Wildman–Crippen MR) is 82.0 cm³/mol. The highest BCUT2D eigenvalue weighted by atomic mass is 16.4. The lowest BCUT2D eigenvalue weighted by Crippen LogP contribution is -2.44. The van der Waals surface area contributed by atoms with E-state index in [9.17, 15) is 4.79 Å². The summed E-state index contributed by atoms with van der Waals surface area (Å²) in [5.74, 6) is 0.294. The Morgan fingerprint density at radius 2 is 2.14 bits per heavy atom. The molecule has 1 aliphatic heterocycles. The molecule has 1 aromatic carbocycles. The molecule has 4 heteroatoms. The van der Waals surface area contributed by atoms with E-state index in [0.29, 0.717) is 19.5 Å². The van der Waals surface area contributed by atoms with Gasteiger partial charge >= 0.3 is 0 Å². The third-order valence-corrected chi connectivity index (χ3v) is 4.80. The maximum Gasteiger partial charge on any atom is 0.253 e. The zero-order valence-electron chi connectivity index (χ0n) is 12.5. The van der Waals surface area contributed by atoms with Gasteiger partial charge in [-0.2, -0.15) is 0 Å². The lowest BCUT2D eigenvalue weighted by molar-refractivity contribution is 0.0729. The second-order valence-electron chi connectivity index (χ2n) is 6.03. The van der Waals surface area contributed by atoms with Crippen LogP contribution in [0.1, 0.15) is 47.7 Å². The Kier molecular flexibility index (Phi) is 3.95.